The van der Waals surface area contributed by atoms with Gasteiger partial charge in [0.15, 0.2) is 4.67 Å². The molecule has 9 heteroatoms. The van der Waals surface area contributed by atoms with Gasteiger partial charge in [0.2, 0.25) is 15.8 Å². The van der Waals surface area contributed by atoms with Crippen molar-refractivity contribution in [3.63, 3.8) is 0 Å². The summed E-state index contributed by atoms with van der Waals surface area (Å²) in [5, 5.41) is 8.79. The minimum absolute atomic E-state index is 0.123. The van der Waals surface area contributed by atoms with E-state index in [0.717, 1.165) is 12.5 Å². The maximum absolute atomic E-state index is 12.1. The van der Waals surface area contributed by atoms with Crippen LogP contribution in [0.2, 0.25) is 0 Å². The molecule has 0 amide bonds. The highest BCUT2D eigenvalue weighted by molar-refractivity contribution is 9.10. The second-order valence-electron chi connectivity index (χ2n) is 4.69. The Bertz CT molecular complexity index is 599. The van der Waals surface area contributed by atoms with Crippen molar-refractivity contribution in [3.05, 3.63) is 16.5 Å². The van der Waals surface area contributed by atoms with Crippen molar-refractivity contribution >= 4 is 31.9 Å². The number of furan rings is 1. The largest absolute Gasteiger partial charge is 0.475 e. The Kier molecular flexibility index (Phi) is 6.39. The normalized spacial score (nSPS) is 13.6. The quantitative estimate of drug-likeness (QED) is 0.710. The van der Waals surface area contributed by atoms with E-state index in [1.165, 1.54) is 0 Å². The fraction of sp³-hybridized carbons (Fsp3) is 0.583. The van der Waals surface area contributed by atoms with Gasteiger partial charge in [-0.05, 0) is 36.3 Å². The van der Waals surface area contributed by atoms with Crippen LogP contribution in [0.25, 0.3) is 0 Å². The molecule has 1 aromatic heterocycles. The first kappa shape index (κ1) is 18.1. The van der Waals surface area contributed by atoms with Crippen LogP contribution in [0.3, 0.4) is 0 Å². The molecule has 0 bridgehead atoms. The fourth-order valence-corrected chi connectivity index (χ4v) is 3.57. The lowest BCUT2D eigenvalue weighted by Crippen LogP contribution is -2.37. The second-order valence-corrected chi connectivity index (χ2v) is 7.15. The maximum Gasteiger partial charge on any atom is 0.371 e. The van der Waals surface area contributed by atoms with Gasteiger partial charge in [0, 0.05) is 25.2 Å². The summed E-state index contributed by atoms with van der Waals surface area (Å²) in [5.74, 6) is -1.76. The first-order chi connectivity index (χ1) is 9.69. The number of carboxylic acid groups (broad SMARTS) is 1. The molecule has 0 fully saturated rings. The van der Waals surface area contributed by atoms with Crippen LogP contribution in [-0.4, -0.2) is 50.6 Å². The summed E-state index contributed by atoms with van der Waals surface area (Å²) in [6.45, 7) is 4.89. The van der Waals surface area contributed by atoms with Crippen molar-refractivity contribution in [3.8, 4) is 0 Å². The maximum atomic E-state index is 12.1. The second kappa shape index (κ2) is 7.39. The van der Waals surface area contributed by atoms with Gasteiger partial charge in [-0.15, -0.1) is 0 Å². The molecule has 120 valence electrons. The minimum Gasteiger partial charge on any atom is -0.475 e. The smallest absolute Gasteiger partial charge is 0.371 e. The molecule has 2 N–H and O–H groups in total. The predicted octanol–water partition coefficient (Wildman–Crippen LogP) is 1.75. The Labute approximate surface area is 132 Å². The molecular formula is C12H19BrN2O5S. The summed E-state index contributed by atoms with van der Waals surface area (Å²) in [5.41, 5.74) is 0. The van der Waals surface area contributed by atoms with Crippen LogP contribution in [-0.2, 0) is 10.0 Å². The van der Waals surface area contributed by atoms with E-state index in [4.69, 9.17) is 9.52 Å². The van der Waals surface area contributed by atoms with Gasteiger partial charge in [-0.2, -0.15) is 0 Å². The van der Waals surface area contributed by atoms with Gasteiger partial charge in [0.05, 0.1) is 0 Å². The number of nitrogens with one attached hydrogen (secondary N) is 1. The zero-order valence-corrected chi connectivity index (χ0v) is 14.5. The molecule has 7 nitrogen and oxygen atoms in total. The molecule has 1 aromatic rings. The molecule has 1 heterocycles. The number of likely N-dealkylation sites (N-methyl/N-ethyl adjacent to an activating group) is 1. The molecule has 0 saturated heterocycles. The molecule has 0 aliphatic carbocycles. The number of carbonyl (C=O) groups is 1. The molecule has 0 aliphatic rings. The van der Waals surface area contributed by atoms with Gasteiger partial charge in [0.1, 0.15) is 4.90 Å². The Morgan fingerprint density at radius 3 is 2.67 bits per heavy atom. The van der Waals surface area contributed by atoms with Crippen LogP contribution in [0.5, 0.6) is 0 Å². The topological polar surface area (TPSA) is 99.9 Å². The van der Waals surface area contributed by atoms with Crippen LogP contribution in [0.15, 0.2) is 20.0 Å². The van der Waals surface area contributed by atoms with Crippen LogP contribution in [0.1, 0.15) is 30.8 Å². The van der Waals surface area contributed by atoms with Gasteiger partial charge in [-0.1, -0.05) is 6.92 Å². The highest BCUT2D eigenvalue weighted by atomic mass is 79.9. The summed E-state index contributed by atoms with van der Waals surface area (Å²) < 4.78 is 31.3. The number of aromatic carboxylic acids is 1. The van der Waals surface area contributed by atoms with Crippen molar-refractivity contribution in [1.82, 2.24) is 9.62 Å². The van der Waals surface area contributed by atoms with E-state index >= 15 is 0 Å². The first-order valence-electron chi connectivity index (χ1n) is 6.41. The highest BCUT2D eigenvalue weighted by Gasteiger charge is 2.24. The summed E-state index contributed by atoms with van der Waals surface area (Å²) in [4.78, 5) is 12.6. The lowest BCUT2D eigenvalue weighted by atomic mass is 10.2. The molecule has 21 heavy (non-hydrogen) atoms. The zero-order valence-electron chi connectivity index (χ0n) is 12.1. The van der Waals surface area contributed by atoms with Gasteiger partial charge >= 0.3 is 5.97 Å². The van der Waals surface area contributed by atoms with Crippen molar-refractivity contribution in [2.75, 3.05) is 20.1 Å². The molecule has 0 spiro atoms. The number of hydrogen-bond acceptors (Lipinski definition) is 5. The van der Waals surface area contributed by atoms with E-state index in [9.17, 15) is 13.2 Å². The third-order valence-corrected chi connectivity index (χ3v) is 5.57. The van der Waals surface area contributed by atoms with Gasteiger partial charge < -0.3 is 14.4 Å². The molecule has 0 saturated carbocycles. The molecule has 0 aromatic carbocycles. The van der Waals surface area contributed by atoms with E-state index in [0.29, 0.717) is 12.6 Å². The highest BCUT2D eigenvalue weighted by Crippen LogP contribution is 2.25. The third kappa shape index (κ3) is 4.80. The standard InChI is InChI=1S/C12H19BrN2O5S/c1-4-8(2)15(3)6-5-14-21(18,19)10-7-9(12(16)17)20-11(10)13/h7-8,14H,4-6H2,1-3H3,(H,16,17). The summed E-state index contributed by atoms with van der Waals surface area (Å²) in [7, 11) is -1.90. The van der Waals surface area contributed by atoms with Crippen molar-refractivity contribution in [2.24, 2.45) is 0 Å². The number of rotatable bonds is 8. The van der Waals surface area contributed by atoms with Crippen LogP contribution in [0, 0.1) is 0 Å². The summed E-state index contributed by atoms with van der Waals surface area (Å²) in [6, 6.07) is 1.33. The van der Waals surface area contributed by atoms with Crippen molar-refractivity contribution in [2.45, 2.75) is 31.2 Å². The average Bonchev–Trinajstić information content (AvgIpc) is 2.80. The van der Waals surface area contributed by atoms with Gasteiger partial charge in [-0.3, -0.25) is 0 Å². The summed E-state index contributed by atoms with van der Waals surface area (Å²) >= 11 is 2.92. The number of nitrogens with zero attached hydrogens (tertiary/aromatic N) is 1. The lowest BCUT2D eigenvalue weighted by molar-refractivity contribution is 0.0661. The number of sulfonamides is 1. The van der Waals surface area contributed by atoms with E-state index in [1.807, 2.05) is 11.9 Å². The van der Waals surface area contributed by atoms with Crippen LogP contribution < -0.4 is 4.72 Å². The van der Waals surface area contributed by atoms with Crippen molar-refractivity contribution < 1.29 is 22.7 Å². The fourth-order valence-electron chi connectivity index (χ4n) is 1.61. The van der Waals surface area contributed by atoms with Crippen molar-refractivity contribution in [1.29, 1.82) is 0 Å². The van der Waals surface area contributed by atoms with Gasteiger partial charge in [-0.25, -0.2) is 17.9 Å². The molecule has 0 radical (unpaired) electrons. The average molecular weight is 383 g/mol. The Balaban J connectivity index is 2.72. The molecular weight excluding hydrogens is 364 g/mol. The predicted molar refractivity (Wildman–Crippen MR) is 80.9 cm³/mol. The Morgan fingerprint density at radius 2 is 2.19 bits per heavy atom. The molecule has 1 unspecified atom stereocenters. The molecule has 1 atom stereocenters. The third-order valence-electron chi connectivity index (χ3n) is 3.26. The minimum atomic E-state index is -3.81. The SMILES string of the molecule is CCC(C)N(C)CCNS(=O)(=O)c1cc(C(=O)O)oc1Br. The number of halogens is 1. The van der Waals surface area contributed by atoms with E-state index in [2.05, 4.69) is 34.5 Å². The molecule has 1 rings (SSSR count). The van der Waals surface area contributed by atoms with Gasteiger partial charge in [0.25, 0.3) is 0 Å². The van der Waals surface area contributed by atoms with Crippen LogP contribution >= 0.6 is 15.9 Å². The van der Waals surface area contributed by atoms with Crippen LogP contribution in [0.4, 0.5) is 0 Å². The monoisotopic (exact) mass is 382 g/mol. The first-order valence-corrected chi connectivity index (χ1v) is 8.69. The van der Waals surface area contributed by atoms with E-state index < -0.39 is 21.8 Å². The Hall–Kier alpha value is -0.900. The number of hydrogen-bond donors (Lipinski definition) is 2. The summed E-state index contributed by atoms with van der Waals surface area (Å²) in [6.07, 6.45) is 0.971. The lowest BCUT2D eigenvalue weighted by Gasteiger charge is -2.23. The van der Waals surface area contributed by atoms with E-state index in [-0.39, 0.29) is 16.1 Å². The molecule has 0 aliphatic heterocycles. The Morgan fingerprint density at radius 1 is 1.57 bits per heavy atom. The number of carboxylic acids is 1. The zero-order chi connectivity index (χ0) is 16.2. The van der Waals surface area contributed by atoms with E-state index in [1.54, 1.807) is 0 Å².